The molecule has 5 nitrogen and oxygen atoms in total. The van der Waals surface area contributed by atoms with Gasteiger partial charge in [0.2, 0.25) is 0 Å². The maximum absolute atomic E-state index is 12.9. The fraction of sp³-hybridized carbons (Fsp3) is 0.391. The zero-order valence-electron chi connectivity index (χ0n) is 17.3. The number of hydrogen-bond donors (Lipinski definition) is 2. The molecule has 2 N–H and O–H groups in total. The standard InChI is InChI=1S/C23H26F3N3O2/c1-2-27-22(31)29-11-5-9-19(15-29)17-7-4-8-18(13-17)21(30)28-14-16-6-3-10-20(12-16)23(24,25)26/h3-4,6-8,10,12-13,19H,2,5,9,11,14-15H2,1H3,(H,27,31)(H,28,30). The number of nitrogens with one attached hydrogen (secondary N) is 2. The van der Waals surface area contributed by atoms with Crippen molar-refractivity contribution < 1.29 is 22.8 Å². The average molecular weight is 433 g/mol. The van der Waals surface area contributed by atoms with Crippen molar-refractivity contribution in [1.29, 1.82) is 0 Å². The molecule has 3 rings (SSSR count). The van der Waals surface area contributed by atoms with Crippen LogP contribution in [0.2, 0.25) is 0 Å². The number of likely N-dealkylation sites (tertiary alicyclic amines) is 1. The molecule has 0 radical (unpaired) electrons. The molecule has 31 heavy (non-hydrogen) atoms. The fourth-order valence-electron chi connectivity index (χ4n) is 3.77. The summed E-state index contributed by atoms with van der Waals surface area (Å²) >= 11 is 0. The van der Waals surface area contributed by atoms with Gasteiger partial charge in [-0.15, -0.1) is 0 Å². The van der Waals surface area contributed by atoms with E-state index in [1.54, 1.807) is 29.2 Å². The van der Waals surface area contributed by atoms with Gasteiger partial charge in [-0.25, -0.2) is 4.79 Å². The van der Waals surface area contributed by atoms with Crippen molar-refractivity contribution in [2.24, 2.45) is 0 Å². The minimum atomic E-state index is -4.42. The third-order valence-corrected chi connectivity index (χ3v) is 5.36. The van der Waals surface area contributed by atoms with Gasteiger partial charge in [-0.05, 0) is 55.2 Å². The van der Waals surface area contributed by atoms with Gasteiger partial charge in [-0.1, -0.05) is 24.3 Å². The van der Waals surface area contributed by atoms with E-state index in [1.807, 2.05) is 13.0 Å². The topological polar surface area (TPSA) is 61.4 Å². The summed E-state index contributed by atoms with van der Waals surface area (Å²) in [5.41, 5.74) is 1.06. The summed E-state index contributed by atoms with van der Waals surface area (Å²) in [7, 11) is 0. The number of halogens is 3. The molecule has 0 aromatic heterocycles. The van der Waals surface area contributed by atoms with E-state index in [2.05, 4.69) is 10.6 Å². The molecule has 3 amide bonds. The molecule has 1 aliphatic rings. The SMILES string of the molecule is CCNC(=O)N1CCCC(c2cccc(C(=O)NCc3cccc(C(F)(F)F)c3)c2)C1. The van der Waals surface area contributed by atoms with Gasteiger partial charge in [0.05, 0.1) is 5.56 Å². The molecule has 2 aromatic rings. The van der Waals surface area contributed by atoms with Crippen molar-refractivity contribution in [2.45, 2.75) is 38.4 Å². The first-order valence-electron chi connectivity index (χ1n) is 10.3. The highest BCUT2D eigenvalue weighted by Crippen LogP contribution is 2.30. The Bertz CT molecular complexity index is 930. The Labute approximate surface area is 179 Å². The van der Waals surface area contributed by atoms with Gasteiger partial charge >= 0.3 is 12.2 Å². The summed E-state index contributed by atoms with van der Waals surface area (Å²) in [6.45, 7) is 3.74. The zero-order valence-corrected chi connectivity index (χ0v) is 17.3. The van der Waals surface area contributed by atoms with Crippen molar-refractivity contribution in [3.63, 3.8) is 0 Å². The second-order valence-corrected chi connectivity index (χ2v) is 7.63. The molecule has 0 spiro atoms. The van der Waals surface area contributed by atoms with E-state index < -0.39 is 11.7 Å². The average Bonchev–Trinajstić information content (AvgIpc) is 2.77. The van der Waals surface area contributed by atoms with Crippen LogP contribution in [0.5, 0.6) is 0 Å². The smallest absolute Gasteiger partial charge is 0.348 e. The van der Waals surface area contributed by atoms with Gasteiger partial charge in [0.15, 0.2) is 0 Å². The van der Waals surface area contributed by atoms with Crippen molar-refractivity contribution in [3.05, 3.63) is 70.8 Å². The van der Waals surface area contributed by atoms with Crippen LogP contribution in [0.4, 0.5) is 18.0 Å². The van der Waals surface area contributed by atoms with Crippen molar-refractivity contribution >= 4 is 11.9 Å². The number of urea groups is 1. The molecule has 166 valence electrons. The number of carbonyl (C=O) groups is 2. The largest absolute Gasteiger partial charge is 0.416 e. The second-order valence-electron chi connectivity index (χ2n) is 7.63. The maximum atomic E-state index is 12.9. The molecule has 1 saturated heterocycles. The lowest BCUT2D eigenvalue weighted by molar-refractivity contribution is -0.137. The van der Waals surface area contributed by atoms with Gasteiger partial charge in [0, 0.05) is 37.7 Å². The molecule has 1 unspecified atom stereocenters. The number of amides is 3. The molecular weight excluding hydrogens is 407 g/mol. The van der Waals surface area contributed by atoms with Gasteiger partial charge in [0.1, 0.15) is 0 Å². The number of rotatable bonds is 5. The number of piperidine rings is 1. The predicted molar refractivity (Wildman–Crippen MR) is 112 cm³/mol. The summed E-state index contributed by atoms with van der Waals surface area (Å²) in [5, 5.41) is 5.50. The van der Waals surface area contributed by atoms with Crippen molar-refractivity contribution in [1.82, 2.24) is 15.5 Å². The number of hydrogen-bond acceptors (Lipinski definition) is 2. The Morgan fingerprint density at radius 1 is 1.10 bits per heavy atom. The first-order chi connectivity index (χ1) is 14.8. The minimum Gasteiger partial charge on any atom is -0.348 e. The van der Waals surface area contributed by atoms with Crippen LogP contribution in [-0.4, -0.2) is 36.5 Å². The van der Waals surface area contributed by atoms with Crippen LogP contribution in [0.1, 0.15) is 52.7 Å². The first kappa shape index (κ1) is 22.7. The van der Waals surface area contributed by atoms with Crippen LogP contribution in [-0.2, 0) is 12.7 Å². The Hall–Kier alpha value is -3.03. The number of benzene rings is 2. The van der Waals surface area contributed by atoms with E-state index in [1.165, 1.54) is 6.07 Å². The molecule has 1 fully saturated rings. The summed E-state index contributed by atoms with van der Waals surface area (Å²) < 4.78 is 38.6. The highest BCUT2D eigenvalue weighted by Gasteiger charge is 2.30. The lowest BCUT2D eigenvalue weighted by atomic mass is 9.89. The Morgan fingerprint density at radius 3 is 2.61 bits per heavy atom. The van der Waals surface area contributed by atoms with Crippen LogP contribution in [0.3, 0.4) is 0 Å². The molecule has 8 heteroatoms. The van der Waals surface area contributed by atoms with Crippen LogP contribution < -0.4 is 10.6 Å². The zero-order chi connectivity index (χ0) is 22.4. The Balaban J connectivity index is 1.64. The second kappa shape index (κ2) is 9.85. The molecule has 0 saturated carbocycles. The summed E-state index contributed by atoms with van der Waals surface area (Å²) in [5.74, 6) is -0.219. The highest BCUT2D eigenvalue weighted by atomic mass is 19.4. The van der Waals surface area contributed by atoms with E-state index in [-0.39, 0.29) is 24.4 Å². The lowest BCUT2D eigenvalue weighted by Crippen LogP contribution is -2.44. The quantitative estimate of drug-likeness (QED) is 0.727. The Morgan fingerprint density at radius 2 is 1.87 bits per heavy atom. The highest BCUT2D eigenvalue weighted by molar-refractivity contribution is 5.94. The molecular formula is C23H26F3N3O2. The van der Waals surface area contributed by atoms with E-state index in [9.17, 15) is 22.8 Å². The third kappa shape index (κ3) is 5.99. The maximum Gasteiger partial charge on any atom is 0.416 e. The van der Waals surface area contributed by atoms with E-state index in [0.717, 1.165) is 30.5 Å². The van der Waals surface area contributed by atoms with Crippen LogP contribution >= 0.6 is 0 Å². The molecule has 0 aliphatic carbocycles. The van der Waals surface area contributed by atoms with Crippen LogP contribution in [0.25, 0.3) is 0 Å². The Kier molecular flexibility index (Phi) is 7.20. The van der Waals surface area contributed by atoms with E-state index in [0.29, 0.717) is 30.8 Å². The number of alkyl halides is 3. The van der Waals surface area contributed by atoms with Crippen LogP contribution in [0, 0.1) is 0 Å². The van der Waals surface area contributed by atoms with Crippen molar-refractivity contribution in [3.8, 4) is 0 Å². The molecule has 1 aliphatic heterocycles. The predicted octanol–water partition coefficient (Wildman–Crippen LogP) is 4.54. The first-order valence-corrected chi connectivity index (χ1v) is 10.3. The summed E-state index contributed by atoms with van der Waals surface area (Å²) in [6, 6.07) is 12.0. The van der Waals surface area contributed by atoms with Gasteiger partial charge in [0.25, 0.3) is 5.91 Å². The third-order valence-electron chi connectivity index (χ3n) is 5.36. The van der Waals surface area contributed by atoms with Gasteiger partial charge in [-0.2, -0.15) is 13.2 Å². The van der Waals surface area contributed by atoms with Gasteiger partial charge < -0.3 is 15.5 Å². The monoisotopic (exact) mass is 433 g/mol. The van der Waals surface area contributed by atoms with E-state index in [4.69, 9.17) is 0 Å². The normalized spacial score (nSPS) is 16.6. The molecule has 0 bridgehead atoms. The summed E-state index contributed by atoms with van der Waals surface area (Å²) in [4.78, 5) is 26.5. The number of nitrogens with zero attached hydrogens (tertiary/aromatic N) is 1. The fourth-order valence-corrected chi connectivity index (χ4v) is 3.77. The molecule has 1 atom stereocenters. The summed E-state index contributed by atoms with van der Waals surface area (Å²) in [6.07, 6.45) is -2.62. The van der Waals surface area contributed by atoms with Gasteiger partial charge in [-0.3, -0.25) is 4.79 Å². The number of carbonyl (C=O) groups excluding carboxylic acids is 2. The molecule has 1 heterocycles. The van der Waals surface area contributed by atoms with Crippen LogP contribution in [0.15, 0.2) is 48.5 Å². The minimum absolute atomic E-state index is 0.00137. The lowest BCUT2D eigenvalue weighted by Gasteiger charge is -2.33. The van der Waals surface area contributed by atoms with E-state index >= 15 is 0 Å². The molecule has 2 aromatic carbocycles. The van der Waals surface area contributed by atoms with Crippen molar-refractivity contribution in [2.75, 3.05) is 19.6 Å².